The first-order valence-electron chi connectivity index (χ1n) is 7.89. The zero-order valence-electron chi connectivity index (χ0n) is 12.8. The molecule has 1 saturated heterocycles. The summed E-state index contributed by atoms with van der Waals surface area (Å²) in [5.74, 6) is 1.68. The van der Waals surface area contributed by atoms with Crippen LogP contribution in [-0.4, -0.2) is 30.1 Å². The van der Waals surface area contributed by atoms with E-state index in [-0.39, 0.29) is 0 Å². The molecular formula is C16H32N2. The molecule has 1 heterocycles. The van der Waals surface area contributed by atoms with E-state index in [0.29, 0.717) is 11.0 Å². The topological polar surface area (TPSA) is 29.3 Å². The van der Waals surface area contributed by atoms with Crippen LogP contribution in [-0.2, 0) is 0 Å². The van der Waals surface area contributed by atoms with Gasteiger partial charge >= 0.3 is 0 Å². The molecule has 2 rings (SSSR count). The van der Waals surface area contributed by atoms with Gasteiger partial charge in [0.2, 0.25) is 0 Å². The van der Waals surface area contributed by atoms with Gasteiger partial charge in [-0.2, -0.15) is 0 Å². The highest BCUT2D eigenvalue weighted by Gasteiger charge is 2.48. The summed E-state index contributed by atoms with van der Waals surface area (Å²) in [6.45, 7) is 12.9. The molecule has 2 fully saturated rings. The number of hydrogen-bond donors (Lipinski definition) is 1. The minimum atomic E-state index is 0.342. The molecule has 2 nitrogen and oxygen atoms in total. The Kier molecular flexibility index (Phi) is 4.08. The zero-order chi connectivity index (χ0) is 13.4. The number of nitrogens with two attached hydrogens (primary N) is 1. The van der Waals surface area contributed by atoms with Gasteiger partial charge in [0.25, 0.3) is 0 Å². The quantitative estimate of drug-likeness (QED) is 0.835. The van der Waals surface area contributed by atoms with E-state index in [2.05, 4.69) is 32.6 Å². The van der Waals surface area contributed by atoms with E-state index >= 15 is 0 Å². The summed E-state index contributed by atoms with van der Waals surface area (Å²) >= 11 is 0. The molecule has 18 heavy (non-hydrogen) atoms. The standard InChI is InChI=1S/C16H32N2/c1-5-13-7-6-9-16(13,12-17)18-10-8-14(11-18)15(2,3)4/h13-14H,5-12,17H2,1-4H3. The molecule has 0 amide bonds. The van der Waals surface area contributed by atoms with Crippen LogP contribution in [0.15, 0.2) is 0 Å². The summed E-state index contributed by atoms with van der Waals surface area (Å²) in [6.07, 6.45) is 6.77. The van der Waals surface area contributed by atoms with E-state index in [1.807, 2.05) is 0 Å². The van der Waals surface area contributed by atoms with Crippen molar-refractivity contribution in [1.29, 1.82) is 0 Å². The van der Waals surface area contributed by atoms with Crippen LogP contribution in [0.2, 0.25) is 0 Å². The smallest absolute Gasteiger partial charge is 0.0359 e. The Morgan fingerprint density at radius 1 is 1.28 bits per heavy atom. The Morgan fingerprint density at radius 3 is 2.50 bits per heavy atom. The molecule has 106 valence electrons. The second-order valence-corrected chi connectivity index (χ2v) is 7.60. The van der Waals surface area contributed by atoms with Crippen molar-refractivity contribution < 1.29 is 0 Å². The van der Waals surface area contributed by atoms with Crippen molar-refractivity contribution in [2.24, 2.45) is 23.0 Å². The largest absolute Gasteiger partial charge is 0.329 e. The average Bonchev–Trinajstić information content (AvgIpc) is 2.94. The lowest BCUT2D eigenvalue weighted by Gasteiger charge is -2.43. The number of hydrogen-bond acceptors (Lipinski definition) is 2. The van der Waals surface area contributed by atoms with Crippen LogP contribution < -0.4 is 5.73 Å². The highest BCUT2D eigenvalue weighted by molar-refractivity contribution is 5.04. The third kappa shape index (κ3) is 2.34. The van der Waals surface area contributed by atoms with Crippen molar-refractivity contribution in [2.75, 3.05) is 19.6 Å². The normalized spacial score (nSPS) is 38.5. The van der Waals surface area contributed by atoms with Gasteiger partial charge in [-0.1, -0.05) is 40.5 Å². The maximum Gasteiger partial charge on any atom is 0.0359 e. The number of rotatable bonds is 3. The maximum atomic E-state index is 6.23. The van der Waals surface area contributed by atoms with E-state index in [9.17, 15) is 0 Å². The SMILES string of the molecule is CCC1CCCC1(CN)N1CCC(C(C)(C)C)C1. The van der Waals surface area contributed by atoms with Crippen LogP contribution in [0.1, 0.15) is 59.8 Å². The molecule has 2 aliphatic rings. The van der Waals surface area contributed by atoms with Gasteiger partial charge in [0, 0.05) is 18.6 Å². The molecule has 0 bridgehead atoms. The average molecular weight is 252 g/mol. The summed E-state index contributed by atoms with van der Waals surface area (Å²) in [5.41, 5.74) is 7.02. The fourth-order valence-corrected chi connectivity index (χ4v) is 4.40. The molecule has 0 spiro atoms. The van der Waals surface area contributed by atoms with Crippen LogP contribution in [0.25, 0.3) is 0 Å². The van der Waals surface area contributed by atoms with Crippen LogP contribution in [0, 0.1) is 17.3 Å². The molecule has 0 aromatic heterocycles. The van der Waals surface area contributed by atoms with E-state index in [4.69, 9.17) is 5.73 Å². The van der Waals surface area contributed by atoms with Gasteiger partial charge < -0.3 is 5.73 Å². The summed E-state index contributed by atoms with van der Waals surface area (Å²) in [5, 5.41) is 0. The first kappa shape index (κ1) is 14.3. The fraction of sp³-hybridized carbons (Fsp3) is 1.00. The maximum absolute atomic E-state index is 6.23. The molecule has 2 heteroatoms. The van der Waals surface area contributed by atoms with E-state index in [1.165, 1.54) is 45.2 Å². The molecule has 0 radical (unpaired) electrons. The predicted molar refractivity (Wildman–Crippen MR) is 78.6 cm³/mol. The van der Waals surface area contributed by atoms with Crippen LogP contribution >= 0.6 is 0 Å². The van der Waals surface area contributed by atoms with Gasteiger partial charge in [-0.15, -0.1) is 0 Å². The summed E-state index contributed by atoms with van der Waals surface area (Å²) in [6, 6.07) is 0. The highest BCUT2D eigenvalue weighted by atomic mass is 15.2. The van der Waals surface area contributed by atoms with Crippen LogP contribution in [0.5, 0.6) is 0 Å². The van der Waals surface area contributed by atoms with Crippen molar-refractivity contribution in [3.05, 3.63) is 0 Å². The zero-order valence-corrected chi connectivity index (χ0v) is 12.8. The second-order valence-electron chi connectivity index (χ2n) is 7.60. The molecule has 1 aliphatic heterocycles. The van der Waals surface area contributed by atoms with E-state index in [1.54, 1.807) is 0 Å². The van der Waals surface area contributed by atoms with Crippen molar-refractivity contribution in [3.63, 3.8) is 0 Å². The Balaban J connectivity index is 2.11. The predicted octanol–water partition coefficient (Wildman–Crippen LogP) is 3.26. The van der Waals surface area contributed by atoms with Crippen LogP contribution in [0.3, 0.4) is 0 Å². The molecule has 3 atom stereocenters. The van der Waals surface area contributed by atoms with E-state index in [0.717, 1.165) is 18.4 Å². The Morgan fingerprint density at radius 2 is 2.00 bits per heavy atom. The third-order valence-electron chi connectivity index (χ3n) is 5.81. The van der Waals surface area contributed by atoms with Crippen molar-refractivity contribution >= 4 is 0 Å². The fourth-order valence-electron chi connectivity index (χ4n) is 4.40. The summed E-state index contributed by atoms with van der Waals surface area (Å²) in [4.78, 5) is 2.77. The summed E-state index contributed by atoms with van der Waals surface area (Å²) in [7, 11) is 0. The minimum absolute atomic E-state index is 0.342. The molecule has 0 aromatic carbocycles. The van der Waals surface area contributed by atoms with Crippen molar-refractivity contribution in [3.8, 4) is 0 Å². The Labute approximate surface area is 113 Å². The molecule has 1 saturated carbocycles. The highest BCUT2D eigenvalue weighted by Crippen LogP contribution is 2.45. The van der Waals surface area contributed by atoms with Crippen molar-refractivity contribution in [1.82, 2.24) is 4.90 Å². The van der Waals surface area contributed by atoms with Gasteiger partial charge in [0.1, 0.15) is 0 Å². The molecule has 1 aliphatic carbocycles. The lowest BCUT2D eigenvalue weighted by Crippen LogP contribution is -2.55. The number of likely N-dealkylation sites (tertiary alicyclic amines) is 1. The van der Waals surface area contributed by atoms with Gasteiger partial charge in [-0.05, 0) is 43.1 Å². The monoisotopic (exact) mass is 252 g/mol. The molecular weight excluding hydrogens is 220 g/mol. The summed E-state index contributed by atoms with van der Waals surface area (Å²) < 4.78 is 0. The molecule has 0 aromatic rings. The first-order chi connectivity index (χ1) is 8.44. The van der Waals surface area contributed by atoms with Gasteiger partial charge in [-0.3, -0.25) is 4.90 Å². The second kappa shape index (κ2) is 5.13. The molecule has 3 unspecified atom stereocenters. The first-order valence-corrected chi connectivity index (χ1v) is 7.89. The van der Waals surface area contributed by atoms with Crippen molar-refractivity contribution in [2.45, 2.75) is 65.3 Å². The lowest BCUT2D eigenvalue weighted by molar-refractivity contribution is 0.0685. The van der Waals surface area contributed by atoms with Gasteiger partial charge in [-0.25, -0.2) is 0 Å². The van der Waals surface area contributed by atoms with E-state index < -0.39 is 0 Å². The van der Waals surface area contributed by atoms with Gasteiger partial charge in [0.05, 0.1) is 0 Å². The molecule has 2 N–H and O–H groups in total. The van der Waals surface area contributed by atoms with Gasteiger partial charge in [0.15, 0.2) is 0 Å². The van der Waals surface area contributed by atoms with Crippen LogP contribution in [0.4, 0.5) is 0 Å². The lowest BCUT2D eigenvalue weighted by atomic mass is 9.79. The Bertz CT molecular complexity index is 281. The third-order valence-corrected chi connectivity index (χ3v) is 5.81. The Hall–Kier alpha value is -0.0800. The minimum Gasteiger partial charge on any atom is -0.329 e. The number of nitrogens with zero attached hydrogens (tertiary/aromatic N) is 1.